The fourth-order valence-corrected chi connectivity index (χ4v) is 1.01. The molecule has 1 rings (SSSR count). The highest BCUT2D eigenvalue weighted by Crippen LogP contribution is 2.26. The molecule has 1 heterocycles. The van der Waals surface area contributed by atoms with Crippen LogP contribution in [0.4, 0.5) is 22.0 Å². The van der Waals surface area contributed by atoms with Crippen molar-refractivity contribution in [2.24, 2.45) is 4.99 Å². The maximum Gasteiger partial charge on any atom is 0.391 e. The summed E-state index contributed by atoms with van der Waals surface area (Å²) in [6.45, 7) is 0.331. The minimum atomic E-state index is -4.34. The molecule has 0 amide bonds. The number of hydrogen-bond acceptors (Lipinski definition) is 2. The summed E-state index contributed by atoms with van der Waals surface area (Å²) in [5, 5.41) is 0. The molecule has 0 fully saturated rings. The highest BCUT2D eigenvalue weighted by molar-refractivity contribution is 5.59. The Morgan fingerprint density at radius 2 is 2.07 bits per heavy atom. The first-order chi connectivity index (χ1) is 6.37. The van der Waals surface area contributed by atoms with E-state index in [2.05, 4.69) is 11.3 Å². The molecule has 0 spiro atoms. The molecular formula is C7H7F5N2. The third kappa shape index (κ3) is 3.89. The highest BCUT2D eigenvalue weighted by Gasteiger charge is 2.34. The van der Waals surface area contributed by atoms with Crippen molar-refractivity contribution < 1.29 is 22.0 Å². The summed E-state index contributed by atoms with van der Waals surface area (Å²) >= 11 is 0. The van der Waals surface area contributed by atoms with Crippen LogP contribution in [0.5, 0.6) is 0 Å². The fraction of sp³-hybridized carbons (Fsp3) is 0.714. The van der Waals surface area contributed by atoms with Crippen molar-refractivity contribution in [1.82, 2.24) is 4.90 Å². The van der Waals surface area contributed by atoms with E-state index in [-0.39, 0.29) is 0 Å². The van der Waals surface area contributed by atoms with Gasteiger partial charge >= 0.3 is 6.18 Å². The van der Waals surface area contributed by atoms with Gasteiger partial charge in [0.15, 0.2) is 6.34 Å². The van der Waals surface area contributed by atoms with Crippen LogP contribution in [0.1, 0.15) is 6.42 Å². The first kappa shape index (κ1) is 11.2. The van der Waals surface area contributed by atoms with Gasteiger partial charge in [-0.1, -0.05) is 0 Å². The Balaban J connectivity index is 2.32. The van der Waals surface area contributed by atoms with Gasteiger partial charge in [-0.25, -0.2) is 8.78 Å². The van der Waals surface area contributed by atoms with Crippen LogP contribution in [0.25, 0.3) is 0 Å². The minimum Gasteiger partial charge on any atom is -0.341 e. The molecular weight excluding hydrogens is 207 g/mol. The Hall–Kier alpha value is -0.880. The zero-order valence-electron chi connectivity index (χ0n) is 6.93. The van der Waals surface area contributed by atoms with E-state index in [0.29, 0.717) is 0 Å². The molecule has 1 aliphatic heterocycles. The fourth-order valence-electron chi connectivity index (χ4n) is 1.01. The van der Waals surface area contributed by atoms with Gasteiger partial charge in [0, 0.05) is 0 Å². The molecule has 14 heavy (non-hydrogen) atoms. The predicted molar refractivity (Wildman–Crippen MR) is 38.9 cm³/mol. The molecule has 0 aromatic rings. The highest BCUT2D eigenvalue weighted by atomic mass is 19.4. The molecule has 0 saturated carbocycles. The maximum absolute atomic E-state index is 11.8. The molecule has 7 heteroatoms. The van der Waals surface area contributed by atoms with E-state index < -0.39 is 31.6 Å². The summed E-state index contributed by atoms with van der Waals surface area (Å²) in [4.78, 5) is 4.17. The molecule has 0 saturated heterocycles. The Morgan fingerprint density at radius 1 is 1.43 bits per heavy atom. The van der Waals surface area contributed by atoms with E-state index in [1.165, 1.54) is 0 Å². The van der Waals surface area contributed by atoms with Crippen molar-refractivity contribution in [3.8, 4) is 0 Å². The van der Waals surface area contributed by atoms with Crippen LogP contribution in [0.3, 0.4) is 0 Å². The standard InChI is InChI=1S/C7H7F5N2/c8-6(9)3-14-2-5(13-4-14)1-7(10,11)12/h2,5-6H,1,3H2. The van der Waals surface area contributed by atoms with Gasteiger partial charge in [-0.15, -0.1) is 0 Å². The zero-order valence-corrected chi connectivity index (χ0v) is 6.93. The number of nitrogens with zero attached hydrogens (tertiary/aromatic N) is 2. The molecule has 1 atom stereocenters. The van der Waals surface area contributed by atoms with Crippen LogP contribution in [0, 0.1) is 6.54 Å². The third-order valence-electron chi connectivity index (χ3n) is 1.48. The van der Waals surface area contributed by atoms with Crippen molar-refractivity contribution in [1.29, 1.82) is 0 Å². The Kier molecular flexibility index (Phi) is 3.28. The Labute approximate surface area is 77.4 Å². The Morgan fingerprint density at radius 3 is 2.57 bits per heavy atom. The van der Waals surface area contributed by atoms with Crippen LogP contribution in [0.2, 0.25) is 0 Å². The van der Waals surface area contributed by atoms with E-state index in [9.17, 15) is 22.0 Å². The lowest BCUT2D eigenvalue weighted by atomic mass is 10.2. The first-order valence-electron chi connectivity index (χ1n) is 3.79. The van der Waals surface area contributed by atoms with Gasteiger partial charge in [-0.3, -0.25) is 4.99 Å². The molecule has 1 unspecified atom stereocenters. The van der Waals surface area contributed by atoms with Crippen molar-refractivity contribution in [3.05, 3.63) is 6.54 Å². The second kappa shape index (κ2) is 4.10. The van der Waals surface area contributed by atoms with Gasteiger partial charge in [0.2, 0.25) is 0 Å². The SMILES string of the molecule is FC(F)CN1[C]=NC(CC(F)(F)F)[CH]1. The molecule has 2 radical (unpaired) electrons. The van der Waals surface area contributed by atoms with Gasteiger partial charge in [-0.05, 0) is 0 Å². The predicted octanol–water partition coefficient (Wildman–Crippen LogP) is 1.96. The summed E-state index contributed by atoms with van der Waals surface area (Å²) in [7, 11) is 0. The van der Waals surface area contributed by atoms with Crippen molar-refractivity contribution in [2.45, 2.75) is 25.1 Å². The summed E-state index contributed by atoms with van der Waals surface area (Å²) in [6, 6.07) is -1.12. The maximum atomic E-state index is 11.8. The first-order valence-corrected chi connectivity index (χ1v) is 3.79. The largest absolute Gasteiger partial charge is 0.391 e. The lowest BCUT2D eigenvalue weighted by Crippen LogP contribution is -2.26. The van der Waals surface area contributed by atoms with Crippen LogP contribution in [-0.4, -0.2) is 36.4 Å². The van der Waals surface area contributed by atoms with E-state index >= 15 is 0 Å². The van der Waals surface area contributed by atoms with Gasteiger partial charge < -0.3 is 4.90 Å². The van der Waals surface area contributed by atoms with Crippen LogP contribution in [0.15, 0.2) is 4.99 Å². The topological polar surface area (TPSA) is 15.6 Å². The normalized spacial score (nSPS) is 22.4. The number of halogens is 5. The number of aliphatic imine (C=N–C) groups is 1. The summed E-state index contributed by atoms with van der Waals surface area (Å²) in [6.07, 6.45) is -6.01. The molecule has 0 bridgehead atoms. The lowest BCUT2D eigenvalue weighted by Gasteiger charge is -2.14. The van der Waals surface area contributed by atoms with Gasteiger partial charge in [0.05, 0.1) is 25.6 Å². The molecule has 0 aliphatic carbocycles. The smallest absolute Gasteiger partial charge is 0.341 e. The third-order valence-corrected chi connectivity index (χ3v) is 1.48. The van der Waals surface area contributed by atoms with E-state index in [1.54, 1.807) is 0 Å². The van der Waals surface area contributed by atoms with Crippen LogP contribution in [-0.2, 0) is 0 Å². The Bertz CT molecular complexity index is 213. The van der Waals surface area contributed by atoms with Crippen LogP contribution < -0.4 is 0 Å². The quantitative estimate of drug-likeness (QED) is 0.655. The van der Waals surface area contributed by atoms with E-state index in [4.69, 9.17) is 0 Å². The van der Waals surface area contributed by atoms with E-state index in [0.717, 1.165) is 11.4 Å². The molecule has 80 valence electrons. The summed E-state index contributed by atoms with van der Waals surface area (Å²) < 4.78 is 59.0. The molecule has 1 aliphatic rings. The average Bonchev–Trinajstić information content (AvgIpc) is 2.30. The average molecular weight is 214 g/mol. The lowest BCUT2D eigenvalue weighted by molar-refractivity contribution is -0.136. The monoisotopic (exact) mass is 214 g/mol. The molecule has 0 aromatic carbocycles. The van der Waals surface area contributed by atoms with Gasteiger partial charge in [0.25, 0.3) is 6.43 Å². The second-order valence-corrected chi connectivity index (χ2v) is 2.81. The van der Waals surface area contributed by atoms with Gasteiger partial charge in [-0.2, -0.15) is 13.2 Å². The number of hydrogen-bond donors (Lipinski definition) is 0. The second-order valence-electron chi connectivity index (χ2n) is 2.81. The van der Waals surface area contributed by atoms with Gasteiger partial charge in [0.1, 0.15) is 0 Å². The molecule has 2 nitrogen and oxygen atoms in total. The number of alkyl halides is 5. The summed E-state index contributed by atoms with van der Waals surface area (Å²) in [5.74, 6) is 0. The van der Waals surface area contributed by atoms with E-state index in [1.807, 2.05) is 0 Å². The molecule has 0 aromatic heterocycles. The van der Waals surface area contributed by atoms with Crippen LogP contribution >= 0.6 is 0 Å². The van der Waals surface area contributed by atoms with Crippen molar-refractivity contribution >= 4 is 6.34 Å². The van der Waals surface area contributed by atoms with Crippen molar-refractivity contribution in [3.63, 3.8) is 0 Å². The van der Waals surface area contributed by atoms with Crippen molar-refractivity contribution in [2.75, 3.05) is 6.54 Å². The zero-order chi connectivity index (χ0) is 10.8. The minimum absolute atomic E-state index is 0.669. The summed E-state index contributed by atoms with van der Waals surface area (Å²) in [5.41, 5.74) is 0. The number of rotatable bonds is 3. The molecule has 0 N–H and O–H groups in total.